The zero-order chi connectivity index (χ0) is 16.2. The topological polar surface area (TPSA) is 89.8 Å². The highest BCUT2D eigenvalue weighted by molar-refractivity contribution is 7.10. The Kier molecular flexibility index (Phi) is 4.24. The van der Waals surface area contributed by atoms with E-state index >= 15 is 0 Å². The predicted molar refractivity (Wildman–Crippen MR) is 87.2 cm³/mol. The van der Waals surface area contributed by atoms with Crippen molar-refractivity contribution in [1.29, 1.82) is 0 Å². The van der Waals surface area contributed by atoms with Crippen molar-refractivity contribution < 1.29 is 4.79 Å². The van der Waals surface area contributed by atoms with Crippen molar-refractivity contribution in [2.24, 2.45) is 0 Å². The van der Waals surface area contributed by atoms with Crippen LogP contribution in [0.25, 0.3) is 11.3 Å². The predicted octanol–water partition coefficient (Wildman–Crippen LogP) is 1.71. The molecule has 3 rings (SSSR count). The van der Waals surface area contributed by atoms with Gasteiger partial charge in [0.25, 0.3) is 5.56 Å². The molecule has 3 aromatic rings. The second-order valence-corrected chi connectivity index (χ2v) is 5.64. The van der Waals surface area contributed by atoms with Gasteiger partial charge in [-0.25, -0.2) is 4.68 Å². The van der Waals surface area contributed by atoms with Crippen LogP contribution in [0.5, 0.6) is 0 Å². The molecule has 8 heteroatoms. The first-order valence-electron chi connectivity index (χ1n) is 6.83. The van der Waals surface area contributed by atoms with Gasteiger partial charge in [-0.1, -0.05) is 0 Å². The summed E-state index contributed by atoms with van der Waals surface area (Å²) in [7, 11) is 0. The standard InChI is InChI=1S/C15H13N5O2S/c1-10-8-14(23-19-10)17-13(21)9-20-15(22)3-2-12(18-20)11-4-6-16-7-5-11/h2-8H,9H2,1H3,(H,17,21). The van der Waals surface area contributed by atoms with E-state index in [1.165, 1.54) is 17.6 Å². The second kappa shape index (κ2) is 6.49. The van der Waals surface area contributed by atoms with Crippen molar-refractivity contribution >= 4 is 22.4 Å². The number of hydrogen-bond donors (Lipinski definition) is 1. The van der Waals surface area contributed by atoms with Crippen molar-refractivity contribution in [3.63, 3.8) is 0 Å². The first-order valence-corrected chi connectivity index (χ1v) is 7.61. The molecule has 0 bridgehead atoms. The van der Waals surface area contributed by atoms with Crippen LogP contribution in [0.1, 0.15) is 5.69 Å². The molecule has 1 amide bonds. The number of aromatic nitrogens is 4. The second-order valence-electron chi connectivity index (χ2n) is 4.83. The zero-order valence-electron chi connectivity index (χ0n) is 12.3. The molecule has 0 fully saturated rings. The average Bonchev–Trinajstić information content (AvgIpc) is 2.95. The molecule has 3 heterocycles. The van der Waals surface area contributed by atoms with E-state index in [1.807, 2.05) is 6.92 Å². The summed E-state index contributed by atoms with van der Waals surface area (Å²) in [4.78, 5) is 27.9. The summed E-state index contributed by atoms with van der Waals surface area (Å²) in [5.74, 6) is -0.324. The van der Waals surface area contributed by atoms with E-state index in [2.05, 4.69) is 19.8 Å². The maximum absolute atomic E-state index is 12.0. The molecule has 0 radical (unpaired) electrons. The average molecular weight is 327 g/mol. The first-order chi connectivity index (χ1) is 11.1. The van der Waals surface area contributed by atoms with Crippen molar-refractivity contribution in [3.8, 4) is 11.3 Å². The number of rotatable bonds is 4. The maximum Gasteiger partial charge on any atom is 0.267 e. The van der Waals surface area contributed by atoms with Crippen LogP contribution in [0.3, 0.4) is 0 Å². The Labute approximate surface area is 135 Å². The maximum atomic E-state index is 12.0. The van der Waals surface area contributed by atoms with E-state index in [1.54, 1.807) is 36.7 Å². The van der Waals surface area contributed by atoms with Gasteiger partial charge >= 0.3 is 0 Å². The quantitative estimate of drug-likeness (QED) is 0.788. The summed E-state index contributed by atoms with van der Waals surface area (Å²) >= 11 is 1.20. The van der Waals surface area contributed by atoms with Crippen LogP contribution in [0.15, 0.2) is 47.5 Å². The Morgan fingerprint density at radius 2 is 2.04 bits per heavy atom. The SMILES string of the molecule is Cc1cc(NC(=O)Cn2nc(-c3ccncc3)ccc2=O)sn1. The molecule has 0 unspecified atom stereocenters. The molecule has 7 nitrogen and oxygen atoms in total. The van der Waals surface area contributed by atoms with Gasteiger partial charge in [0.15, 0.2) is 0 Å². The first kappa shape index (κ1) is 15.0. The van der Waals surface area contributed by atoms with Crippen molar-refractivity contribution in [2.75, 3.05) is 5.32 Å². The highest BCUT2D eigenvalue weighted by Gasteiger charge is 2.09. The van der Waals surface area contributed by atoms with E-state index in [9.17, 15) is 9.59 Å². The molecule has 0 aliphatic carbocycles. The van der Waals surface area contributed by atoms with Crippen LogP contribution >= 0.6 is 11.5 Å². The lowest BCUT2D eigenvalue weighted by molar-refractivity contribution is -0.116. The number of carbonyl (C=O) groups excluding carboxylic acids is 1. The minimum absolute atomic E-state index is 0.158. The van der Waals surface area contributed by atoms with Crippen LogP contribution in [0, 0.1) is 6.92 Å². The third-order valence-electron chi connectivity index (χ3n) is 3.03. The van der Waals surface area contributed by atoms with Gasteiger partial charge in [-0.05, 0) is 42.7 Å². The number of carbonyl (C=O) groups is 1. The fraction of sp³-hybridized carbons (Fsp3) is 0.133. The molecule has 0 aromatic carbocycles. The van der Waals surface area contributed by atoms with Crippen LogP contribution < -0.4 is 10.9 Å². The van der Waals surface area contributed by atoms with Gasteiger partial charge < -0.3 is 5.32 Å². The van der Waals surface area contributed by atoms with Crippen LogP contribution in [0.2, 0.25) is 0 Å². The van der Waals surface area contributed by atoms with E-state index in [4.69, 9.17) is 0 Å². The lowest BCUT2D eigenvalue weighted by Crippen LogP contribution is -2.29. The number of nitrogens with zero attached hydrogens (tertiary/aromatic N) is 4. The molecular formula is C15H13N5O2S. The lowest BCUT2D eigenvalue weighted by atomic mass is 10.2. The third kappa shape index (κ3) is 3.67. The van der Waals surface area contributed by atoms with Crippen LogP contribution in [-0.2, 0) is 11.3 Å². The fourth-order valence-electron chi connectivity index (χ4n) is 1.97. The minimum Gasteiger partial charge on any atom is -0.315 e. The zero-order valence-corrected chi connectivity index (χ0v) is 13.1. The number of aryl methyl sites for hydroxylation is 1. The Hall–Kier alpha value is -2.87. The molecule has 1 N–H and O–H groups in total. The third-order valence-corrected chi connectivity index (χ3v) is 3.82. The smallest absolute Gasteiger partial charge is 0.267 e. The van der Waals surface area contributed by atoms with E-state index < -0.39 is 0 Å². The molecule has 0 aliphatic rings. The summed E-state index contributed by atoms with van der Waals surface area (Å²) in [5.41, 5.74) is 1.93. The van der Waals surface area contributed by atoms with Crippen LogP contribution in [-0.4, -0.2) is 25.0 Å². The van der Waals surface area contributed by atoms with E-state index in [-0.39, 0.29) is 18.0 Å². The Morgan fingerprint density at radius 1 is 1.26 bits per heavy atom. The van der Waals surface area contributed by atoms with Gasteiger partial charge in [0.1, 0.15) is 11.5 Å². The molecule has 23 heavy (non-hydrogen) atoms. The molecule has 0 atom stereocenters. The largest absolute Gasteiger partial charge is 0.315 e. The fourth-order valence-corrected chi connectivity index (χ4v) is 2.65. The van der Waals surface area contributed by atoms with Crippen molar-refractivity contribution in [2.45, 2.75) is 13.5 Å². The number of nitrogens with one attached hydrogen (secondary N) is 1. The molecular weight excluding hydrogens is 314 g/mol. The molecule has 0 saturated heterocycles. The van der Waals surface area contributed by atoms with Crippen molar-refractivity contribution in [3.05, 3.63) is 58.8 Å². The summed E-state index contributed by atoms with van der Waals surface area (Å²) in [6.45, 7) is 1.69. The summed E-state index contributed by atoms with van der Waals surface area (Å²) in [6.07, 6.45) is 3.29. The van der Waals surface area contributed by atoms with Gasteiger partial charge in [0.2, 0.25) is 5.91 Å². The van der Waals surface area contributed by atoms with Gasteiger partial charge in [0.05, 0.1) is 11.4 Å². The summed E-state index contributed by atoms with van der Waals surface area (Å²) in [6, 6.07) is 8.37. The normalized spacial score (nSPS) is 10.5. The highest BCUT2D eigenvalue weighted by atomic mass is 32.1. The Morgan fingerprint density at radius 3 is 2.74 bits per heavy atom. The number of hydrogen-bond acceptors (Lipinski definition) is 6. The lowest BCUT2D eigenvalue weighted by Gasteiger charge is -2.07. The minimum atomic E-state index is -0.335. The van der Waals surface area contributed by atoms with E-state index in [0.29, 0.717) is 10.7 Å². The Balaban J connectivity index is 1.79. The molecule has 3 aromatic heterocycles. The number of amides is 1. The van der Waals surface area contributed by atoms with Gasteiger partial charge in [-0.3, -0.25) is 14.6 Å². The highest BCUT2D eigenvalue weighted by Crippen LogP contribution is 2.15. The van der Waals surface area contributed by atoms with Crippen molar-refractivity contribution in [1.82, 2.24) is 19.1 Å². The summed E-state index contributed by atoms with van der Waals surface area (Å²) in [5, 5.41) is 7.58. The summed E-state index contributed by atoms with van der Waals surface area (Å²) < 4.78 is 5.22. The number of anilines is 1. The van der Waals surface area contributed by atoms with Crippen LogP contribution in [0.4, 0.5) is 5.00 Å². The molecule has 116 valence electrons. The molecule has 0 spiro atoms. The van der Waals surface area contributed by atoms with Gasteiger partial charge in [-0.15, -0.1) is 0 Å². The van der Waals surface area contributed by atoms with Gasteiger partial charge in [-0.2, -0.15) is 9.47 Å². The van der Waals surface area contributed by atoms with E-state index in [0.717, 1.165) is 15.9 Å². The Bertz CT molecular complexity index is 888. The molecule has 0 aliphatic heterocycles. The number of pyridine rings is 1. The van der Waals surface area contributed by atoms with Gasteiger partial charge in [0, 0.05) is 24.0 Å². The monoisotopic (exact) mass is 327 g/mol. The molecule has 0 saturated carbocycles.